The third-order valence-electron chi connectivity index (χ3n) is 10.8. The highest BCUT2D eigenvalue weighted by Crippen LogP contribution is 2.12. The molecule has 69 heavy (non-hydrogen) atoms. The molecule has 15 nitrogen and oxygen atoms in total. The summed E-state index contributed by atoms with van der Waals surface area (Å²) in [6, 6.07) is 0. The van der Waals surface area contributed by atoms with Crippen LogP contribution in [-0.2, 0) is 71.2 Å². The molecule has 0 saturated carbocycles. The quantitative estimate of drug-likeness (QED) is 0.0322. The normalized spacial score (nSPS) is 11.6. The lowest BCUT2D eigenvalue weighted by Gasteiger charge is -2.09. The Labute approximate surface area is 420 Å². The fourth-order valence-electron chi connectivity index (χ4n) is 6.79. The number of ether oxygens (including phenoxy) is 13. The first kappa shape index (κ1) is 67.2. The molecule has 0 unspecified atom stereocenters. The zero-order valence-electron chi connectivity index (χ0n) is 44.2. The van der Waals surface area contributed by atoms with Gasteiger partial charge in [0.15, 0.2) is 0 Å². The summed E-state index contributed by atoms with van der Waals surface area (Å²) in [6.45, 7) is 15.4. The van der Waals surface area contributed by atoms with E-state index in [0.29, 0.717) is 158 Å². The Morgan fingerprint density at radius 2 is 0.435 bits per heavy atom. The Kier molecular flexibility index (Phi) is 60.8. The van der Waals surface area contributed by atoms with E-state index < -0.39 is 0 Å². The third kappa shape index (κ3) is 62.3. The molecule has 0 fully saturated rings. The molecule has 0 N–H and O–H groups in total. The standard InChI is InChI=1S/C54H104O15/c1-3-5-7-9-11-13-14-15-16-17-18-20-22-24-26-28-54(56)69-52-50-67-48-46-65-44-42-63-40-38-61-36-34-59-32-30-57-29-31-58-33-35-60-37-39-62-41-43-64-45-47-66-49-51-68-53(55)27-25-23-21-19-12-10-8-6-4-2/h15-16H,3-14,17-52H2,1-2H3/b16-15-. The van der Waals surface area contributed by atoms with E-state index in [-0.39, 0.29) is 25.2 Å². The van der Waals surface area contributed by atoms with Crippen LogP contribution >= 0.6 is 0 Å². The van der Waals surface area contributed by atoms with Gasteiger partial charge in [-0.05, 0) is 38.5 Å². The average molecular weight is 993 g/mol. The van der Waals surface area contributed by atoms with E-state index in [9.17, 15) is 9.59 Å². The fraction of sp³-hybridized carbons (Fsp3) is 0.926. The van der Waals surface area contributed by atoms with E-state index in [0.717, 1.165) is 25.7 Å². The van der Waals surface area contributed by atoms with Crippen LogP contribution in [0.3, 0.4) is 0 Å². The largest absolute Gasteiger partial charge is 0.463 e. The zero-order chi connectivity index (χ0) is 49.7. The third-order valence-corrected chi connectivity index (χ3v) is 10.8. The van der Waals surface area contributed by atoms with Crippen molar-refractivity contribution in [1.82, 2.24) is 0 Å². The molecule has 0 saturated heterocycles. The molecule has 0 aliphatic rings. The molecule has 0 aliphatic carbocycles. The summed E-state index contributed by atoms with van der Waals surface area (Å²) < 4.78 is 71.1. The molecule has 0 atom stereocenters. The highest BCUT2D eigenvalue weighted by molar-refractivity contribution is 5.69. The van der Waals surface area contributed by atoms with E-state index in [1.54, 1.807) is 0 Å². The molecule has 0 aromatic rings. The van der Waals surface area contributed by atoms with Crippen LogP contribution in [0.4, 0.5) is 0 Å². The molecule has 0 aliphatic heterocycles. The minimum absolute atomic E-state index is 0.139. The maximum atomic E-state index is 11.9. The van der Waals surface area contributed by atoms with Crippen LogP contribution in [-0.4, -0.2) is 171 Å². The van der Waals surface area contributed by atoms with E-state index in [4.69, 9.17) is 61.6 Å². The van der Waals surface area contributed by atoms with Crippen molar-refractivity contribution in [3.63, 3.8) is 0 Å². The van der Waals surface area contributed by atoms with Crippen LogP contribution in [0.2, 0.25) is 0 Å². The molecule has 0 aromatic carbocycles. The Balaban J connectivity index is 3.17. The predicted molar refractivity (Wildman–Crippen MR) is 272 cm³/mol. The van der Waals surface area contributed by atoms with Gasteiger partial charge in [-0.1, -0.05) is 129 Å². The fourth-order valence-corrected chi connectivity index (χ4v) is 6.79. The molecule has 0 radical (unpaired) electrons. The van der Waals surface area contributed by atoms with E-state index in [1.807, 2.05) is 0 Å². The first-order valence-electron chi connectivity index (χ1n) is 27.5. The Morgan fingerprint density at radius 1 is 0.246 bits per heavy atom. The highest BCUT2D eigenvalue weighted by atomic mass is 16.6. The van der Waals surface area contributed by atoms with Crippen molar-refractivity contribution >= 4 is 11.9 Å². The maximum absolute atomic E-state index is 11.9. The lowest BCUT2D eigenvalue weighted by Crippen LogP contribution is -2.16. The molecular formula is C54H104O15. The van der Waals surface area contributed by atoms with Gasteiger partial charge in [0.1, 0.15) is 13.2 Å². The van der Waals surface area contributed by atoms with Gasteiger partial charge in [-0.15, -0.1) is 0 Å². The predicted octanol–water partition coefficient (Wildman–Crippen LogP) is 10.2. The lowest BCUT2D eigenvalue weighted by atomic mass is 10.1. The molecular weight excluding hydrogens is 889 g/mol. The second-order valence-electron chi connectivity index (χ2n) is 17.1. The van der Waals surface area contributed by atoms with Gasteiger partial charge in [-0.3, -0.25) is 9.59 Å². The van der Waals surface area contributed by atoms with Gasteiger partial charge in [0.05, 0.1) is 145 Å². The number of allylic oxidation sites excluding steroid dienone is 2. The molecule has 0 rings (SSSR count). The summed E-state index contributed by atoms with van der Waals surface area (Å²) in [4.78, 5) is 23.8. The monoisotopic (exact) mass is 993 g/mol. The number of carbonyl (C=O) groups is 2. The number of hydrogen-bond donors (Lipinski definition) is 0. The Hall–Kier alpha value is -1.76. The number of carbonyl (C=O) groups excluding carboxylic acids is 2. The first-order valence-corrected chi connectivity index (χ1v) is 27.5. The van der Waals surface area contributed by atoms with Crippen LogP contribution in [0, 0.1) is 0 Å². The van der Waals surface area contributed by atoms with Gasteiger partial charge in [0.25, 0.3) is 0 Å². The summed E-state index contributed by atoms with van der Waals surface area (Å²) in [7, 11) is 0. The van der Waals surface area contributed by atoms with Gasteiger partial charge in [-0.25, -0.2) is 0 Å². The number of rotatable bonds is 61. The van der Waals surface area contributed by atoms with Crippen LogP contribution in [0.15, 0.2) is 12.2 Å². The van der Waals surface area contributed by atoms with Crippen molar-refractivity contribution in [2.45, 2.75) is 168 Å². The minimum Gasteiger partial charge on any atom is -0.463 e. The SMILES string of the molecule is CCCCCCCC/C=C\CCCCCCCC(=O)OCCOCCOCCOCCOCCOCCOCCOCCOCCOCCOCCOCCOC(=O)CCCCCCCCCCC. The summed E-state index contributed by atoms with van der Waals surface area (Å²) in [5.74, 6) is -0.284. The van der Waals surface area contributed by atoms with Crippen molar-refractivity contribution < 1.29 is 71.2 Å². The van der Waals surface area contributed by atoms with E-state index in [2.05, 4.69) is 26.0 Å². The van der Waals surface area contributed by atoms with Crippen LogP contribution in [0.5, 0.6) is 0 Å². The van der Waals surface area contributed by atoms with Crippen LogP contribution in [0.1, 0.15) is 168 Å². The van der Waals surface area contributed by atoms with Crippen molar-refractivity contribution in [3.8, 4) is 0 Å². The highest BCUT2D eigenvalue weighted by Gasteiger charge is 2.05. The average Bonchev–Trinajstić information content (AvgIpc) is 3.35. The van der Waals surface area contributed by atoms with Gasteiger partial charge in [0.2, 0.25) is 0 Å². The molecule has 0 heterocycles. The molecule has 0 bridgehead atoms. The summed E-state index contributed by atoms with van der Waals surface area (Å²) in [6.07, 6.45) is 32.9. The topological polar surface area (TPSA) is 154 Å². The minimum atomic E-state index is -0.144. The van der Waals surface area contributed by atoms with Gasteiger partial charge in [0, 0.05) is 12.8 Å². The Morgan fingerprint density at radius 3 is 0.667 bits per heavy atom. The van der Waals surface area contributed by atoms with E-state index >= 15 is 0 Å². The summed E-state index contributed by atoms with van der Waals surface area (Å²) in [5.41, 5.74) is 0. The molecule has 0 amide bonds. The lowest BCUT2D eigenvalue weighted by molar-refractivity contribution is -0.146. The molecule has 0 spiro atoms. The molecule has 15 heteroatoms. The number of esters is 2. The van der Waals surface area contributed by atoms with Crippen molar-refractivity contribution in [2.75, 3.05) is 159 Å². The molecule has 0 aromatic heterocycles. The van der Waals surface area contributed by atoms with Gasteiger partial charge < -0.3 is 61.6 Å². The van der Waals surface area contributed by atoms with Gasteiger partial charge >= 0.3 is 11.9 Å². The second-order valence-corrected chi connectivity index (χ2v) is 17.1. The van der Waals surface area contributed by atoms with Crippen molar-refractivity contribution in [2.24, 2.45) is 0 Å². The first-order chi connectivity index (χ1) is 34.2. The Bertz CT molecular complexity index is 1020. The number of hydrogen-bond acceptors (Lipinski definition) is 15. The summed E-state index contributed by atoms with van der Waals surface area (Å²) >= 11 is 0. The van der Waals surface area contributed by atoms with Crippen LogP contribution in [0.25, 0.3) is 0 Å². The summed E-state index contributed by atoms with van der Waals surface area (Å²) in [5, 5.41) is 0. The van der Waals surface area contributed by atoms with Crippen molar-refractivity contribution in [3.05, 3.63) is 12.2 Å². The van der Waals surface area contributed by atoms with E-state index in [1.165, 1.54) is 116 Å². The smallest absolute Gasteiger partial charge is 0.305 e. The van der Waals surface area contributed by atoms with Crippen LogP contribution < -0.4 is 0 Å². The van der Waals surface area contributed by atoms with Gasteiger partial charge in [-0.2, -0.15) is 0 Å². The maximum Gasteiger partial charge on any atom is 0.305 e. The number of unbranched alkanes of at least 4 members (excludes halogenated alkanes) is 19. The zero-order valence-corrected chi connectivity index (χ0v) is 44.2. The molecule has 410 valence electrons. The van der Waals surface area contributed by atoms with Crippen molar-refractivity contribution in [1.29, 1.82) is 0 Å². The second kappa shape index (κ2) is 62.4.